The zero-order valence-electron chi connectivity index (χ0n) is 15.3. The molecular formula is C21H23N3O3. The lowest BCUT2D eigenvalue weighted by atomic mass is 9.87. The third kappa shape index (κ3) is 3.63. The number of aromatic nitrogens is 2. The molecule has 0 radical (unpaired) electrons. The van der Waals surface area contributed by atoms with Crippen molar-refractivity contribution in [2.75, 3.05) is 13.1 Å². The van der Waals surface area contributed by atoms with E-state index < -0.39 is 6.10 Å². The van der Waals surface area contributed by atoms with Gasteiger partial charge in [-0.2, -0.15) is 0 Å². The number of ketones is 2. The average Bonchev–Trinajstić information content (AvgIpc) is 3.12. The van der Waals surface area contributed by atoms with Crippen molar-refractivity contribution in [3.05, 3.63) is 53.9 Å². The third-order valence-electron chi connectivity index (χ3n) is 5.49. The summed E-state index contributed by atoms with van der Waals surface area (Å²) in [6, 6.07) is 3.77. The molecular weight excluding hydrogens is 342 g/mol. The number of nitrogens with zero attached hydrogens (tertiary/aromatic N) is 2. The topological polar surface area (TPSA) is 86.3 Å². The second-order valence-corrected chi connectivity index (χ2v) is 7.46. The summed E-state index contributed by atoms with van der Waals surface area (Å²) in [5, 5.41) is 10.0. The Hall–Kier alpha value is -2.57. The normalized spacial score (nSPS) is 25.0. The van der Waals surface area contributed by atoms with E-state index in [-0.39, 0.29) is 36.5 Å². The molecule has 0 bridgehead atoms. The van der Waals surface area contributed by atoms with Gasteiger partial charge in [0.1, 0.15) is 0 Å². The molecule has 6 nitrogen and oxygen atoms in total. The van der Waals surface area contributed by atoms with Crippen LogP contribution in [0.15, 0.2) is 48.3 Å². The highest BCUT2D eigenvalue weighted by Crippen LogP contribution is 2.31. The maximum atomic E-state index is 11.9. The fraction of sp³-hybridized carbons (Fsp3) is 0.381. The Morgan fingerprint density at radius 2 is 2.19 bits per heavy atom. The first kappa shape index (κ1) is 17.8. The number of Topliss-reactive ketones (excluding diaryl/α,β-unsaturated/α-hetero) is 2. The lowest BCUT2D eigenvalue weighted by Crippen LogP contribution is -2.53. The molecule has 3 unspecified atom stereocenters. The van der Waals surface area contributed by atoms with Crippen LogP contribution < -0.4 is 0 Å². The van der Waals surface area contributed by atoms with Crippen LogP contribution in [0.25, 0.3) is 11.0 Å². The number of piperidine rings is 1. The number of allylic oxidation sites excluding steroid dienone is 3. The summed E-state index contributed by atoms with van der Waals surface area (Å²) in [4.78, 5) is 33.3. The second kappa shape index (κ2) is 7.21. The summed E-state index contributed by atoms with van der Waals surface area (Å²) >= 11 is 0. The molecule has 2 aromatic heterocycles. The molecule has 2 aromatic rings. The number of hydrogen-bond acceptors (Lipinski definition) is 5. The first-order chi connectivity index (χ1) is 13.0. The fourth-order valence-corrected chi connectivity index (χ4v) is 3.98. The largest absolute Gasteiger partial charge is 0.392 e. The highest BCUT2D eigenvalue weighted by molar-refractivity contribution is 6.38. The van der Waals surface area contributed by atoms with Gasteiger partial charge in [0.15, 0.2) is 0 Å². The van der Waals surface area contributed by atoms with Gasteiger partial charge in [-0.25, -0.2) is 0 Å². The first-order valence-corrected chi connectivity index (χ1v) is 9.28. The van der Waals surface area contributed by atoms with E-state index in [0.717, 1.165) is 23.0 Å². The molecule has 2 aliphatic rings. The Labute approximate surface area is 157 Å². The SMILES string of the molecule is CC(O)C1CC(=O)C(=O)CN1CC1=CC=CC(c2cnc3cc[nH]c3c2)C1. The van der Waals surface area contributed by atoms with Crippen molar-refractivity contribution in [3.8, 4) is 0 Å². The van der Waals surface area contributed by atoms with Crippen molar-refractivity contribution >= 4 is 22.6 Å². The van der Waals surface area contributed by atoms with Gasteiger partial charge in [-0.1, -0.05) is 23.8 Å². The Morgan fingerprint density at radius 3 is 3.00 bits per heavy atom. The van der Waals surface area contributed by atoms with Crippen molar-refractivity contribution < 1.29 is 14.7 Å². The number of likely N-dealkylation sites (tertiary alicyclic amines) is 1. The zero-order valence-corrected chi connectivity index (χ0v) is 15.3. The summed E-state index contributed by atoms with van der Waals surface area (Å²) in [5.41, 5.74) is 4.29. The Morgan fingerprint density at radius 1 is 1.33 bits per heavy atom. The number of carbonyl (C=O) groups is 2. The molecule has 0 aromatic carbocycles. The molecule has 0 spiro atoms. The number of aliphatic hydroxyl groups is 1. The van der Waals surface area contributed by atoms with E-state index in [1.807, 2.05) is 29.4 Å². The van der Waals surface area contributed by atoms with Gasteiger partial charge >= 0.3 is 0 Å². The van der Waals surface area contributed by atoms with Gasteiger partial charge in [-0.05, 0) is 31.0 Å². The van der Waals surface area contributed by atoms with Crippen LogP contribution in [0, 0.1) is 0 Å². The molecule has 0 saturated carbocycles. The van der Waals surface area contributed by atoms with Crippen molar-refractivity contribution in [1.82, 2.24) is 14.9 Å². The van der Waals surface area contributed by atoms with Gasteiger partial charge in [0.25, 0.3) is 0 Å². The first-order valence-electron chi connectivity index (χ1n) is 9.28. The Kier molecular flexibility index (Phi) is 4.76. The predicted molar refractivity (Wildman–Crippen MR) is 102 cm³/mol. The molecule has 1 saturated heterocycles. The molecule has 140 valence electrons. The van der Waals surface area contributed by atoms with Crippen LogP contribution in [0.1, 0.15) is 31.2 Å². The van der Waals surface area contributed by atoms with Crippen LogP contribution in [0.3, 0.4) is 0 Å². The van der Waals surface area contributed by atoms with Gasteiger partial charge in [0.2, 0.25) is 11.6 Å². The number of nitrogens with one attached hydrogen (secondary N) is 1. The standard InChI is InChI=1S/C21H23N3O3/c1-13(25)19-9-20(26)21(27)12-24(19)11-14-3-2-4-15(7-14)16-8-18-17(23-10-16)5-6-22-18/h2-6,8,10,13,15,19,22,25H,7,9,11-12H2,1H3. The van der Waals surface area contributed by atoms with E-state index in [0.29, 0.717) is 6.54 Å². The number of rotatable bonds is 4. The summed E-state index contributed by atoms with van der Waals surface area (Å²) in [5.74, 6) is -0.521. The van der Waals surface area contributed by atoms with Gasteiger partial charge in [0, 0.05) is 37.3 Å². The molecule has 1 aliphatic heterocycles. The highest BCUT2D eigenvalue weighted by Gasteiger charge is 2.35. The summed E-state index contributed by atoms with van der Waals surface area (Å²) in [7, 11) is 0. The van der Waals surface area contributed by atoms with E-state index in [1.54, 1.807) is 6.92 Å². The average molecular weight is 365 g/mol. The van der Waals surface area contributed by atoms with Crippen LogP contribution in [0.2, 0.25) is 0 Å². The van der Waals surface area contributed by atoms with Crippen molar-refractivity contribution in [1.29, 1.82) is 0 Å². The lowest BCUT2D eigenvalue weighted by molar-refractivity contribution is -0.142. The van der Waals surface area contributed by atoms with Crippen molar-refractivity contribution in [2.24, 2.45) is 0 Å². The molecule has 2 N–H and O–H groups in total. The maximum Gasteiger partial charge on any atom is 0.212 e. The zero-order chi connectivity index (χ0) is 19.0. The lowest BCUT2D eigenvalue weighted by Gasteiger charge is -2.37. The molecule has 3 atom stereocenters. The molecule has 3 heterocycles. The number of H-pyrrole nitrogens is 1. The minimum absolute atomic E-state index is 0.0795. The molecule has 1 fully saturated rings. The number of fused-ring (bicyclic) bond motifs is 1. The van der Waals surface area contributed by atoms with E-state index in [9.17, 15) is 14.7 Å². The molecule has 4 rings (SSSR count). The van der Waals surface area contributed by atoms with Crippen molar-refractivity contribution in [3.63, 3.8) is 0 Å². The van der Waals surface area contributed by atoms with E-state index >= 15 is 0 Å². The monoisotopic (exact) mass is 365 g/mol. The summed E-state index contributed by atoms with van der Waals surface area (Å²) < 4.78 is 0. The van der Waals surface area contributed by atoms with Crippen molar-refractivity contribution in [2.45, 2.75) is 37.8 Å². The molecule has 6 heteroatoms. The van der Waals surface area contributed by atoms with Gasteiger partial charge in [-0.3, -0.25) is 19.5 Å². The molecule has 27 heavy (non-hydrogen) atoms. The van der Waals surface area contributed by atoms with E-state index in [4.69, 9.17) is 0 Å². The minimum Gasteiger partial charge on any atom is -0.392 e. The van der Waals surface area contributed by atoms with Gasteiger partial charge in [-0.15, -0.1) is 0 Å². The summed E-state index contributed by atoms with van der Waals surface area (Å²) in [6.07, 6.45) is 10.3. The summed E-state index contributed by atoms with van der Waals surface area (Å²) in [6.45, 7) is 2.33. The van der Waals surface area contributed by atoms with Crippen LogP contribution in [0.5, 0.6) is 0 Å². The number of hydrogen-bond donors (Lipinski definition) is 2. The second-order valence-electron chi connectivity index (χ2n) is 7.46. The molecule has 0 amide bonds. The number of carbonyl (C=O) groups excluding carboxylic acids is 2. The minimum atomic E-state index is -0.655. The van der Waals surface area contributed by atoms with E-state index in [1.165, 1.54) is 5.57 Å². The van der Waals surface area contributed by atoms with Gasteiger partial charge in [0.05, 0.1) is 23.7 Å². The van der Waals surface area contributed by atoms with E-state index in [2.05, 4.69) is 28.2 Å². The van der Waals surface area contributed by atoms with Crippen LogP contribution in [-0.2, 0) is 9.59 Å². The highest BCUT2D eigenvalue weighted by atomic mass is 16.3. The van der Waals surface area contributed by atoms with Crippen LogP contribution in [-0.4, -0.2) is 56.8 Å². The number of aromatic amines is 1. The third-order valence-corrected chi connectivity index (χ3v) is 5.49. The number of pyridine rings is 1. The fourth-order valence-electron chi connectivity index (χ4n) is 3.98. The smallest absolute Gasteiger partial charge is 0.212 e. The number of aliphatic hydroxyl groups excluding tert-OH is 1. The molecule has 1 aliphatic carbocycles. The predicted octanol–water partition coefficient (Wildman–Crippen LogP) is 2.13. The van der Waals surface area contributed by atoms with Crippen LogP contribution >= 0.6 is 0 Å². The quantitative estimate of drug-likeness (QED) is 0.811. The maximum absolute atomic E-state index is 11.9. The Balaban J connectivity index is 1.49. The van der Waals surface area contributed by atoms with Gasteiger partial charge < -0.3 is 10.1 Å². The van der Waals surface area contributed by atoms with Crippen LogP contribution in [0.4, 0.5) is 0 Å². The Bertz CT molecular complexity index is 941.